The number of nitrogens with one attached hydrogen (secondary N) is 1. The van der Waals surface area contributed by atoms with Crippen molar-refractivity contribution in [1.82, 2.24) is 10.1 Å². The number of hydrazone groups is 1. The number of guanidine groups is 1. The Labute approximate surface area is 194 Å². The SMILES string of the molecule is COC(C)C(=O)N1N=C(c2cc(F)ccc2F)SC1(CCN(OC)C(=N)N)c1ccccc1. The molecule has 2 aromatic carbocycles. The van der Waals surface area contributed by atoms with E-state index in [1.807, 2.05) is 18.2 Å². The lowest BCUT2D eigenvalue weighted by atomic mass is 10.0. The van der Waals surface area contributed by atoms with Crippen LogP contribution in [0.2, 0.25) is 0 Å². The van der Waals surface area contributed by atoms with E-state index in [0.717, 1.165) is 35.0 Å². The standard InChI is InChI=1S/C22H25F2N5O3S/c1-14(31-2)20(30)29-22(15-7-5-4-6-8-15,11-12-28(32-3)21(25)26)33-19(27-29)17-13-16(23)9-10-18(17)24/h4-10,13-14H,11-12H2,1-3H3,(H3,25,26). The number of carbonyl (C=O) groups is 1. The quantitative estimate of drug-likeness (QED) is 0.344. The predicted octanol–water partition coefficient (Wildman–Crippen LogP) is 3.24. The van der Waals surface area contributed by atoms with Gasteiger partial charge in [0.05, 0.1) is 13.7 Å². The van der Waals surface area contributed by atoms with Gasteiger partial charge in [-0.2, -0.15) is 5.10 Å². The maximum Gasteiger partial charge on any atom is 0.273 e. The van der Waals surface area contributed by atoms with Crippen LogP contribution in [0.4, 0.5) is 8.78 Å². The van der Waals surface area contributed by atoms with Gasteiger partial charge in [0.15, 0.2) is 0 Å². The summed E-state index contributed by atoms with van der Waals surface area (Å²) in [6.45, 7) is 1.70. The Bertz CT molecular complexity index is 1060. The lowest BCUT2D eigenvalue weighted by molar-refractivity contribution is -0.145. The number of benzene rings is 2. The van der Waals surface area contributed by atoms with E-state index in [2.05, 4.69) is 5.10 Å². The smallest absolute Gasteiger partial charge is 0.273 e. The van der Waals surface area contributed by atoms with Gasteiger partial charge in [-0.25, -0.2) is 18.9 Å². The van der Waals surface area contributed by atoms with E-state index in [1.165, 1.54) is 19.2 Å². The molecule has 1 amide bonds. The summed E-state index contributed by atoms with van der Waals surface area (Å²) in [4.78, 5) is 17.3. The normalized spacial score (nSPS) is 18.7. The van der Waals surface area contributed by atoms with Crippen LogP contribution in [0.15, 0.2) is 53.6 Å². The van der Waals surface area contributed by atoms with E-state index in [0.29, 0.717) is 5.56 Å². The van der Waals surface area contributed by atoms with Crippen LogP contribution in [0.3, 0.4) is 0 Å². The summed E-state index contributed by atoms with van der Waals surface area (Å²) in [5.74, 6) is -2.07. The molecule has 3 rings (SSSR count). The summed E-state index contributed by atoms with van der Waals surface area (Å²) in [7, 11) is 2.77. The second-order valence-corrected chi connectivity index (χ2v) is 8.50. The second kappa shape index (κ2) is 10.3. The molecule has 0 saturated heterocycles. The van der Waals surface area contributed by atoms with Crippen LogP contribution >= 0.6 is 11.8 Å². The third-order valence-corrected chi connectivity index (χ3v) is 6.68. The Balaban J connectivity index is 2.15. The van der Waals surface area contributed by atoms with Crippen molar-refractivity contribution in [3.63, 3.8) is 0 Å². The first-order valence-corrected chi connectivity index (χ1v) is 10.9. The second-order valence-electron chi connectivity index (χ2n) is 7.23. The minimum absolute atomic E-state index is 0.0594. The fraction of sp³-hybridized carbons (Fsp3) is 0.318. The van der Waals surface area contributed by atoms with Crippen molar-refractivity contribution >= 4 is 28.7 Å². The highest BCUT2D eigenvalue weighted by molar-refractivity contribution is 8.15. The third-order valence-electron chi connectivity index (χ3n) is 5.24. The molecule has 1 aliphatic heterocycles. The molecule has 0 aliphatic carbocycles. The Morgan fingerprint density at radius 3 is 2.58 bits per heavy atom. The van der Waals surface area contributed by atoms with E-state index in [9.17, 15) is 13.6 Å². The van der Waals surface area contributed by atoms with Crippen LogP contribution in [-0.2, 0) is 19.2 Å². The summed E-state index contributed by atoms with van der Waals surface area (Å²) in [6, 6.07) is 12.1. The molecule has 0 bridgehead atoms. The molecule has 2 aromatic rings. The zero-order valence-corrected chi connectivity index (χ0v) is 19.2. The minimum atomic E-state index is -1.16. The first-order chi connectivity index (χ1) is 15.7. The third kappa shape index (κ3) is 5.00. The molecule has 0 aromatic heterocycles. The highest BCUT2D eigenvalue weighted by Crippen LogP contribution is 2.50. The van der Waals surface area contributed by atoms with Gasteiger partial charge in [-0.1, -0.05) is 42.1 Å². The van der Waals surface area contributed by atoms with Gasteiger partial charge in [-0.05, 0) is 30.7 Å². The number of nitrogens with zero attached hydrogens (tertiary/aromatic N) is 3. The largest absolute Gasteiger partial charge is 0.372 e. The van der Waals surface area contributed by atoms with Gasteiger partial charge in [0.1, 0.15) is 27.7 Å². The van der Waals surface area contributed by atoms with Gasteiger partial charge in [-0.3, -0.25) is 15.0 Å². The summed E-state index contributed by atoms with van der Waals surface area (Å²) in [5, 5.41) is 14.7. The van der Waals surface area contributed by atoms with E-state index < -0.39 is 28.5 Å². The topological polar surface area (TPSA) is 104 Å². The monoisotopic (exact) mass is 477 g/mol. The maximum absolute atomic E-state index is 14.6. The van der Waals surface area contributed by atoms with Crippen LogP contribution in [0, 0.1) is 17.0 Å². The number of hydrogen-bond acceptors (Lipinski definition) is 6. The van der Waals surface area contributed by atoms with Gasteiger partial charge >= 0.3 is 0 Å². The molecule has 0 fully saturated rings. The van der Waals surface area contributed by atoms with Crippen molar-refractivity contribution in [2.45, 2.75) is 24.3 Å². The Kier molecular flexibility index (Phi) is 7.67. The molecule has 2 unspecified atom stereocenters. The summed E-state index contributed by atoms with van der Waals surface area (Å²) < 4.78 is 33.8. The molecule has 176 valence electrons. The average molecular weight is 478 g/mol. The van der Waals surface area contributed by atoms with Crippen molar-refractivity contribution in [3.05, 3.63) is 71.3 Å². The molecule has 11 heteroatoms. The molecule has 2 atom stereocenters. The minimum Gasteiger partial charge on any atom is -0.372 e. The Morgan fingerprint density at radius 1 is 1.27 bits per heavy atom. The summed E-state index contributed by atoms with van der Waals surface area (Å²) >= 11 is 1.12. The van der Waals surface area contributed by atoms with Crippen LogP contribution in [0.1, 0.15) is 24.5 Å². The van der Waals surface area contributed by atoms with Crippen LogP contribution in [0.25, 0.3) is 0 Å². The lowest BCUT2D eigenvalue weighted by Crippen LogP contribution is -2.48. The first-order valence-electron chi connectivity index (χ1n) is 10.0. The van der Waals surface area contributed by atoms with Crippen LogP contribution in [-0.4, -0.2) is 53.9 Å². The van der Waals surface area contributed by atoms with Gasteiger partial charge in [-0.15, -0.1) is 0 Å². The molecule has 1 heterocycles. The van der Waals surface area contributed by atoms with Crippen molar-refractivity contribution in [3.8, 4) is 0 Å². The fourth-order valence-electron chi connectivity index (χ4n) is 3.41. The van der Waals surface area contributed by atoms with E-state index in [-0.39, 0.29) is 29.5 Å². The number of methoxy groups -OCH3 is 1. The number of halogens is 2. The maximum atomic E-state index is 14.6. The van der Waals surface area contributed by atoms with Gasteiger partial charge < -0.3 is 10.5 Å². The van der Waals surface area contributed by atoms with Crippen molar-refractivity contribution < 1.29 is 23.1 Å². The van der Waals surface area contributed by atoms with E-state index in [1.54, 1.807) is 19.1 Å². The molecular weight excluding hydrogens is 452 g/mol. The number of rotatable bonds is 8. The number of hydroxylamine groups is 2. The summed E-state index contributed by atoms with van der Waals surface area (Å²) in [5.41, 5.74) is 6.23. The molecular formula is C22H25F2N5O3S. The highest BCUT2D eigenvalue weighted by atomic mass is 32.2. The molecule has 8 nitrogen and oxygen atoms in total. The molecule has 33 heavy (non-hydrogen) atoms. The van der Waals surface area contributed by atoms with Gasteiger partial charge in [0.2, 0.25) is 5.96 Å². The summed E-state index contributed by atoms with van der Waals surface area (Å²) in [6.07, 6.45) is -0.651. The van der Waals surface area contributed by atoms with E-state index >= 15 is 0 Å². The number of thioether (sulfide) groups is 1. The zero-order valence-electron chi connectivity index (χ0n) is 18.4. The highest BCUT2D eigenvalue weighted by Gasteiger charge is 2.50. The van der Waals surface area contributed by atoms with Gasteiger partial charge in [0.25, 0.3) is 5.91 Å². The van der Waals surface area contributed by atoms with Crippen molar-refractivity contribution in [2.24, 2.45) is 10.8 Å². The fourth-order valence-corrected chi connectivity index (χ4v) is 4.78. The molecule has 0 saturated carbocycles. The van der Waals surface area contributed by atoms with Crippen LogP contribution < -0.4 is 5.73 Å². The molecule has 3 N–H and O–H groups in total. The Hall–Kier alpha value is -3.02. The number of carbonyl (C=O) groups excluding carboxylic acids is 1. The first kappa shape index (κ1) is 24.6. The number of hydrogen-bond donors (Lipinski definition) is 2. The molecule has 0 spiro atoms. The average Bonchev–Trinajstić information content (AvgIpc) is 3.21. The number of amides is 1. The van der Waals surface area contributed by atoms with Crippen LogP contribution in [0.5, 0.6) is 0 Å². The lowest BCUT2D eigenvalue weighted by Gasteiger charge is -2.37. The predicted molar refractivity (Wildman–Crippen MR) is 122 cm³/mol. The van der Waals surface area contributed by atoms with E-state index in [4.69, 9.17) is 20.7 Å². The van der Waals surface area contributed by atoms with Crippen molar-refractivity contribution in [2.75, 3.05) is 20.8 Å². The number of ether oxygens (including phenoxy) is 1. The molecule has 0 radical (unpaired) electrons. The van der Waals surface area contributed by atoms with Gasteiger partial charge in [0, 0.05) is 19.1 Å². The number of nitrogens with two attached hydrogens (primary N) is 1. The zero-order chi connectivity index (χ0) is 24.2. The molecule has 1 aliphatic rings. The van der Waals surface area contributed by atoms with Crippen molar-refractivity contribution in [1.29, 1.82) is 5.41 Å². The Morgan fingerprint density at radius 2 is 1.97 bits per heavy atom.